The van der Waals surface area contributed by atoms with Crippen LogP contribution in [0.4, 0.5) is 4.79 Å². The van der Waals surface area contributed by atoms with E-state index in [1.165, 1.54) is 0 Å². The quantitative estimate of drug-likeness (QED) is 0.849. The van der Waals surface area contributed by atoms with Crippen LogP contribution in [0, 0.1) is 5.92 Å². The Kier molecular flexibility index (Phi) is 5.51. The van der Waals surface area contributed by atoms with Crippen molar-refractivity contribution in [2.75, 3.05) is 26.2 Å². The molecular formula is C17H26N2O5. The number of aliphatic carboxylic acids is 1. The summed E-state index contributed by atoms with van der Waals surface area (Å²) in [5.41, 5.74) is 0.510. The number of rotatable bonds is 3. The normalized spacial score (nSPS) is 21.7. The first-order chi connectivity index (χ1) is 11.2. The smallest absolute Gasteiger partial charge is 0.410 e. The minimum Gasteiger partial charge on any atom is -0.481 e. The Hall–Kier alpha value is -2.05. The van der Waals surface area contributed by atoms with Crippen LogP contribution in [0.5, 0.6) is 0 Å². The van der Waals surface area contributed by atoms with Crippen LogP contribution in [0.2, 0.25) is 0 Å². The van der Waals surface area contributed by atoms with Crippen molar-refractivity contribution in [1.29, 1.82) is 0 Å². The number of carboxylic acids is 1. The molecule has 0 aromatic carbocycles. The monoisotopic (exact) mass is 338 g/mol. The Labute approximate surface area is 142 Å². The van der Waals surface area contributed by atoms with Crippen LogP contribution < -0.4 is 0 Å². The van der Waals surface area contributed by atoms with Gasteiger partial charge in [-0.05, 0) is 33.6 Å². The SMILES string of the molecule is CC(C)(C)OC(=O)N1CCCC2=CC(=O)N(CCC(=O)O)CC2C1. The van der Waals surface area contributed by atoms with Gasteiger partial charge in [-0.15, -0.1) is 0 Å². The van der Waals surface area contributed by atoms with Gasteiger partial charge in [-0.3, -0.25) is 9.59 Å². The Morgan fingerprint density at radius 2 is 2.04 bits per heavy atom. The van der Waals surface area contributed by atoms with Crippen LogP contribution in [0.3, 0.4) is 0 Å². The molecule has 7 nitrogen and oxygen atoms in total. The van der Waals surface area contributed by atoms with Crippen LogP contribution >= 0.6 is 0 Å². The minimum atomic E-state index is -0.922. The van der Waals surface area contributed by atoms with Crippen molar-refractivity contribution in [3.05, 3.63) is 11.6 Å². The first-order valence-electron chi connectivity index (χ1n) is 8.35. The van der Waals surface area contributed by atoms with Gasteiger partial charge in [0.15, 0.2) is 0 Å². The van der Waals surface area contributed by atoms with Crippen LogP contribution in [-0.4, -0.2) is 64.7 Å². The highest BCUT2D eigenvalue weighted by atomic mass is 16.6. The van der Waals surface area contributed by atoms with Crippen molar-refractivity contribution in [1.82, 2.24) is 9.80 Å². The van der Waals surface area contributed by atoms with E-state index in [1.807, 2.05) is 20.8 Å². The summed E-state index contributed by atoms with van der Waals surface area (Å²) in [5, 5.41) is 8.81. The Bertz CT molecular complexity index is 550. The second-order valence-electron chi connectivity index (χ2n) is 7.37. The molecule has 2 heterocycles. The molecule has 2 rings (SSSR count). The first-order valence-corrected chi connectivity index (χ1v) is 8.35. The van der Waals surface area contributed by atoms with E-state index < -0.39 is 11.6 Å². The molecule has 2 aliphatic heterocycles. The highest BCUT2D eigenvalue weighted by Crippen LogP contribution is 2.28. The fourth-order valence-electron chi connectivity index (χ4n) is 3.05. The van der Waals surface area contributed by atoms with Crippen LogP contribution in [-0.2, 0) is 14.3 Å². The largest absolute Gasteiger partial charge is 0.481 e. The number of ether oxygens (including phenoxy) is 1. The third-order valence-electron chi connectivity index (χ3n) is 4.17. The Morgan fingerprint density at radius 1 is 1.33 bits per heavy atom. The molecule has 0 spiro atoms. The van der Waals surface area contributed by atoms with Crippen molar-refractivity contribution in [3.8, 4) is 0 Å². The fraction of sp³-hybridized carbons (Fsp3) is 0.706. The average molecular weight is 338 g/mol. The van der Waals surface area contributed by atoms with Crippen LogP contribution in [0.15, 0.2) is 11.6 Å². The van der Waals surface area contributed by atoms with Gasteiger partial charge in [-0.2, -0.15) is 0 Å². The second kappa shape index (κ2) is 7.23. The second-order valence-corrected chi connectivity index (χ2v) is 7.37. The van der Waals surface area contributed by atoms with Gasteiger partial charge in [-0.25, -0.2) is 4.79 Å². The van der Waals surface area contributed by atoms with Gasteiger partial charge in [-0.1, -0.05) is 5.57 Å². The van der Waals surface area contributed by atoms with E-state index in [2.05, 4.69) is 0 Å². The molecule has 0 aromatic heterocycles. The van der Waals surface area contributed by atoms with Gasteiger partial charge in [0.2, 0.25) is 5.91 Å². The summed E-state index contributed by atoms with van der Waals surface area (Å²) in [6.45, 7) is 7.25. The number of amides is 2. The van der Waals surface area contributed by atoms with Gasteiger partial charge in [0, 0.05) is 38.2 Å². The van der Waals surface area contributed by atoms with E-state index in [-0.39, 0.29) is 30.9 Å². The zero-order valence-corrected chi connectivity index (χ0v) is 14.6. The number of likely N-dealkylation sites (tertiary alicyclic amines) is 1. The zero-order chi connectivity index (χ0) is 17.9. The lowest BCUT2D eigenvalue weighted by molar-refractivity contribution is -0.138. The molecule has 0 aromatic rings. The van der Waals surface area contributed by atoms with E-state index in [0.717, 1.165) is 18.4 Å². The summed E-state index contributed by atoms with van der Waals surface area (Å²) < 4.78 is 5.45. The minimum absolute atomic E-state index is 0.0477. The third kappa shape index (κ3) is 4.97. The molecular weight excluding hydrogens is 312 g/mol. The van der Waals surface area contributed by atoms with E-state index >= 15 is 0 Å². The third-order valence-corrected chi connectivity index (χ3v) is 4.17. The number of nitrogens with zero attached hydrogens (tertiary/aromatic N) is 2. The van der Waals surface area contributed by atoms with E-state index in [4.69, 9.17) is 9.84 Å². The van der Waals surface area contributed by atoms with Crippen molar-refractivity contribution >= 4 is 18.0 Å². The summed E-state index contributed by atoms with van der Waals surface area (Å²) in [6.07, 6.45) is 2.79. The first kappa shape index (κ1) is 18.3. The summed E-state index contributed by atoms with van der Waals surface area (Å²) >= 11 is 0. The van der Waals surface area contributed by atoms with Gasteiger partial charge in [0.1, 0.15) is 5.60 Å². The Balaban J connectivity index is 2.05. The molecule has 0 bridgehead atoms. The molecule has 24 heavy (non-hydrogen) atoms. The van der Waals surface area contributed by atoms with E-state index in [0.29, 0.717) is 19.6 Å². The molecule has 1 N–H and O–H groups in total. The predicted molar refractivity (Wildman–Crippen MR) is 87.4 cm³/mol. The standard InChI is InChI=1S/C17H26N2O5/c1-17(2,3)24-16(23)19-7-4-5-12-9-14(20)18(8-6-15(21)22)10-13(12)11-19/h9,13H,4-8,10-11H2,1-3H3,(H,21,22). The van der Waals surface area contributed by atoms with Crippen molar-refractivity contribution in [3.63, 3.8) is 0 Å². The summed E-state index contributed by atoms with van der Waals surface area (Å²) in [4.78, 5) is 38.4. The summed E-state index contributed by atoms with van der Waals surface area (Å²) in [6, 6.07) is 0. The van der Waals surface area contributed by atoms with Crippen molar-refractivity contribution in [2.24, 2.45) is 5.92 Å². The molecule has 134 valence electrons. The highest BCUT2D eigenvalue weighted by Gasteiger charge is 2.33. The maximum Gasteiger partial charge on any atom is 0.410 e. The number of fused-ring (bicyclic) bond motifs is 1. The van der Waals surface area contributed by atoms with Crippen LogP contribution in [0.1, 0.15) is 40.0 Å². The number of carbonyl (C=O) groups is 3. The lowest BCUT2D eigenvalue weighted by atomic mass is 9.92. The average Bonchev–Trinajstić information content (AvgIpc) is 2.64. The molecule has 0 aliphatic carbocycles. The maximum absolute atomic E-state index is 12.3. The summed E-state index contributed by atoms with van der Waals surface area (Å²) in [7, 11) is 0. The van der Waals surface area contributed by atoms with Gasteiger partial charge >= 0.3 is 12.1 Å². The molecule has 2 aliphatic rings. The molecule has 1 saturated heterocycles. The zero-order valence-electron chi connectivity index (χ0n) is 14.6. The highest BCUT2D eigenvalue weighted by molar-refractivity contribution is 5.89. The Morgan fingerprint density at radius 3 is 2.67 bits per heavy atom. The van der Waals surface area contributed by atoms with Crippen molar-refractivity contribution in [2.45, 2.75) is 45.6 Å². The lowest BCUT2D eigenvalue weighted by Crippen LogP contribution is -2.45. The van der Waals surface area contributed by atoms with Crippen molar-refractivity contribution < 1.29 is 24.2 Å². The molecule has 2 amide bonds. The van der Waals surface area contributed by atoms with E-state index in [9.17, 15) is 14.4 Å². The van der Waals surface area contributed by atoms with Gasteiger partial charge in [0.25, 0.3) is 0 Å². The summed E-state index contributed by atoms with van der Waals surface area (Å²) in [5.74, 6) is -1.01. The molecule has 0 radical (unpaired) electrons. The number of carbonyl (C=O) groups excluding carboxylic acids is 2. The number of hydrogen-bond acceptors (Lipinski definition) is 4. The fourth-order valence-corrected chi connectivity index (χ4v) is 3.05. The van der Waals surface area contributed by atoms with Gasteiger partial charge < -0.3 is 19.6 Å². The molecule has 1 atom stereocenters. The molecule has 1 fully saturated rings. The molecule has 1 unspecified atom stereocenters. The topological polar surface area (TPSA) is 87.2 Å². The maximum atomic E-state index is 12.3. The number of hydrogen-bond donors (Lipinski definition) is 1. The number of carboxylic acid groups (broad SMARTS) is 1. The lowest BCUT2D eigenvalue weighted by Gasteiger charge is -2.34. The van der Waals surface area contributed by atoms with Gasteiger partial charge in [0.05, 0.1) is 6.42 Å². The van der Waals surface area contributed by atoms with E-state index in [1.54, 1.807) is 15.9 Å². The molecule has 0 saturated carbocycles. The predicted octanol–water partition coefficient (Wildman–Crippen LogP) is 1.88. The molecule has 7 heteroatoms. The van der Waals surface area contributed by atoms with Crippen LogP contribution in [0.25, 0.3) is 0 Å².